The molecule has 1 aromatic heterocycles. The predicted octanol–water partition coefficient (Wildman–Crippen LogP) is 3.42. The maximum absolute atomic E-state index is 12.0. The van der Waals surface area contributed by atoms with Crippen LogP contribution in [0.4, 0.5) is 13.2 Å². The molecule has 8 heteroatoms. The summed E-state index contributed by atoms with van der Waals surface area (Å²) in [6.07, 6.45) is -4.27. The summed E-state index contributed by atoms with van der Waals surface area (Å²) >= 11 is 5.52. The van der Waals surface area contributed by atoms with Gasteiger partial charge in [-0.1, -0.05) is 0 Å². The second-order valence-corrected chi connectivity index (χ2v) is 3.89. The number of nitrogens with zero attached hydrogens (tertiary/aromatic N) is 2. The van der Waals surface area contributed by atoms with E-state index in [2.05, 4.69) is 14.9 Å². The van der Waals surface area contributed by atoms with Crippen LogP contribution in [-0.4, -0.2) is 22.4 Å². The minimum atomic E-state index is -4.71. The highest BCUT2D eigenvalue weighted by Gasteiger charge is 2.31. The molecule has 0 radical (unpaired) electrons. The van der Waals surface area contributed by atoms with E-state index in [1.54, 1.807) is 0 Å². The highest BCUT2D eigenvalue weighted by molar-refractivity contribution is 6.17. The van der Waals surface area contributed by atoms with Crippen molar-refractivity contribution in [2.45, 2.75) is 12.8 Å². The lowest BCUT2D eigenvalue weighted by atomic mass is 10.2. The Morgan fingerprint density at radius 2 is 1.84 bits per heavy atom. The second kappa shape index (κ2) is 5.48. The van der Waals surface area contributed by atoms with Crippen molar-refractivity contribution >= 4 is 11.6 Å². The molecule has 0 amide bonds. The third-order valence-corrected chi connectivity index (χ3v) is 2.30. The first-order chi connectivity index (χ1) is 8.98. The van der Waals surface area contributed by atoms with E-state index in [-0.39, 0.29) is 11.6 Å². The Morgan fingerprint density at radius 3 is 2.42 bits per heavy atom. The molecular weight excluding hydrogens is 285 g/mol. The molecule has 0 saturated heterocycles. The fraction of sp³-hybridized carbons (Fsp3) is 0.273. The fourth-order valence-electron chi connectivity index (χ4n) is 1.35. The van der Waals surface area contributed by atoms with Gasteiger partial charge in [-0.15, -0.1) is 35.0 Å². The topological polar surface area (TPSA) is 48.2 Å². The van der Waals surface area contributed by atoms with E-state index in [1.165, 1.54) is 24.3 Å². The number of rotatable bonds is 4. The first-order valence-electron chi connectivity index (χ1n) is 5.22. The van der Waals surface area contributed by atoms with Gasteiger partial charge in [-0.3, -0.25) is 0 Å². The van der Waals surface area contributed by atoms with Gasteiger partial charge in [0.25, 0.3) is 0 Å². The van der Waals surface area contributed by atoms with Gasteiger partial charge in [0, 0.05) is 17.9 Å². The van der Waals surface area contributed by atoms with Crippen molar-refractivity contribution in [2.24, 2.45) is 0 Å². The molecule has 1 aromatic carbocycles. The zero-order valence-corrected chi connectivity index (χ0v) is 10.2. The van der Waals surface area contributed by atoms with Crippen LogP contribution in [0.3, 0.4) is 0 Å². The molecule has 0 fully saturated rings. The van der Waals surface area contributed by atoms with Crippen molar-refractivity contribution in [1.29, 1.82) is 0 Å². The molecule has 2 rings (SSSR count). The Bertz CT molecular complexity index is 540. The minimum absolute atomic E-state index is 0.221. The highest BCUT2D eigenvalue weighted by Crippen LogP contribution is 2.25. The lowest BCUT2D eigenvalue weighted by Crippen LogP contribution is -2.16. The lowest BCUT2D eigenvalue weighted by molar-refractivity contribution is -0.274. The maximum Gasteiger partial charge on any atom is 0.573 e. The van der Waals surface area contributed by atoms with Crippen LogP contribution in [0.5, 0.6) is 5.75 Å². The Labute approximate surface area is 111 Å². The Morgan fingerprint density at radius 1 is 1.16 bits per heavy atom. The van der Waals surface area contributed by atoms with E-state index >= 15 is 0 Å². The van der Waals surface area contributed by atoms with Crippen LogP contribution < -0.4 is 4.74 Å². The van der Waals surface area contributed by atoms with Crippen LogP contribution in [0.25, 0.3) is 11.5 Å². The molecule has 102 valence electrons. The van der Waals surface area contributed by atoms with Crippen molar-refractivity contribution in [3.05, 3.63) is 30.2 Å². The van der Waals surface area contributed by atoms with Crippen molar-refractivity contribution in [1.82, 2.24) is 10.2 Å². The smallest absolute Gasteiger partial charge is 0.421 e. The molecule has 0 N–H and O–H groups in total. The molecule has 19 heavy (non-hydrogen) atoms. The molecule has 4 nitrogen and oxygen atoms in total. The number of aromatic nitrogens is 2. The molecule has 0 aliphatic carbocycles. The van der Waals surface area contributed by atoms with Gasteiger partial charge < -0.3 is 9.15 Å². The highest BCUT2D eigenvalue weighted by atomic mass is 35.5. The van der Waals surface area contributed by atoms with E-state index in [0.29, 0.717) is 23.8 Å². The van der Waals surface area contributed by atoms with Crippen LogP contribution in [0.2, 0.25) is 0 Å². The van der Waals surface area contributed by atoms with Crippen molar-refractivity contribution < 1.29 is 22.3 Å². The third-order valence-electron chi connectivity index (χ3n) is 2.11. The first-order valence-corrected chi connectivity index (χ1v) is 5.76. The van der Waals surface area contributed by atoms with Crippen LogP contribution in [0, 0.1) is 0 Å². The summed E-state index contributed by atoms with van der Waals surface area (Å²) in [5, 5.41) is 7.52. The van der Waals surface area contributed by atoms with E-state index in [9.17, 15) is 13.2 Å². The summed E-state index contributed by atoms with van der Waals surface area (Å²) in [6, 6.07) is 5.15. The molecular formula is C11H8ClF3N2O2. The molecule has 0 aliphatic heterocycles. The molecule has 1 heterocycles. The summed E-state index contributed by atoms with van der Waals surface area (Å²) in [4.78, 5) is 0. The van der Waals surface area contributed by atoms with E-state index in [1.807, 2.05) is 0 Å². The number of hydrogen-bond donors (Lipinski definition) is 0. The van der Waals surface area contributed by atoms with Gasteiger partial charge in [0.1, 0.15) is 5.75 Å². The Balaban J connectivity index is 2.13. The average molecular weight is 293 g/mol. The molecule has 2 aromatic rings. The van der Waals surface area contributed by atoms with Crippen molar-refractivity contribution in [3.8, 4) is 17.2 Å². The monoisotopic (exact) mass is 292 g/mol. The van der Waals surface area contributed by atoms with Crippen LogP contribution in [-0.2, 0) is 6.42 Å². The average Bonchev–Trinajstić information content (AvgIpc) is 2.77. The number of benzene rings is 1. The Hall–Kier alpha value is -1.76. The summed E-state index contributed by atoms with van der Waals surface area (Å²) in [7, 11) is 0. The quantitative estimate of drug-likeness (QED) is 0.810. The first kappa shape index (κ1) is 13.7. The van der Waals surface area contributed by atoms with Crippen LogP contribution in [0.15, 0.2) is 28.7 Å². The largest absolute Gasteiger partial charge is 0.573 e. The summed E-state index contributed by atoms with van der Waals surface area (Å²) in [5.74, 6) is 0.635. The SMILES string of the molecule is FC(F)(F)Oc1ccc(-c2nnc(CCCl)o2)cc1. The van der Waals surface area contributed by atoms with Gasteiger partial charge in [0.15, 0.2) is 0 Å². The number of halogens is 4. The van der Waals surface area contributed by atoms with Crippen LogP contribution in [0.1, 0.15) is 5.89 Å². The normalized spacial score (nSPS) is 11.6. The third kappa shape index (κ3) is 3.85. The van der Waals surface area contributed by atoms with Crippen LogP contribution >= 0.6 is 11.6 Å². The summed E-state index contributed by atoms with van der Waals surface area (Å²) < 4.78 is 45.0. The number of hydrogen-bond acceptors (Lipinski definition) is 4. The molecule has 0 unspecified atom stereocenters. The maximum atomic E-state index is 12.0. The van der Waals surface area contributed by atoms with Gasteiger partial charge in [-0.25, -0.2) is 0 Å². The van der Waals surface area contributed by atoms with E-state index in [0.717, 1.165) is 0 Å². The van der Waals surface area contributed by atoms with Crippen molar-refractivity contribution in [3.63, 3.8) is 0 Å². The minimum Gasteiger partial charge on any atom is -0.421 e. The van der Waals surface area contributed by atoms with Gasteiger partial charge in [-0.05, 0) is 24.3 Å². The molecule has 0 aliphatic rings. The summed E-state index contributed by atoms with van der Waals surface area (Å²) in [6.45, 7) is 0. The number of ether oxygens (including phenoxy) is 1. The van der Waals surface area contributed by atoms with E-state index < -0.39 is 6.36 Å². The van der Waals surface area contributed by atoms with Crippen molar-refractivity contribution in [2.75, 3.05) is 5.88 Å². The molecule has 0 bridgehead atoms. The zero-order valence-electron chi connectivity index (χ0n) is 9.45. The fourth-order valence-corrected chi connectivity index (χ4v) is 1.51. The molecule has 0 atom stereocenters. The van der Waals surface area contributed by atoms with Gasteiger partial charge in [0.05, 0.1) is 0 Å². The lowest BCUT2D eigenvalue weighted by Gasteiger charge is -2.08. The molecule has 0 saturated carbocycles. The molecule has 0 spiro atoms. The Kier molecular flexibility index (Phi) is 3.94. The second-order valence-electron chi connectivity index (χ2n) is 3.51. The van der Waals surface area contributed by atoms with E-state index in [4.69, 9.17) is 16.0 Å². The van der Waals surface area contributed by atoms with Gasteiger partial charge in [0.2, 0.25) is 11.8 Å². The number of aryl methyl sites for hydroxylation is 1. The standard InChI is InChI=1S/C11H8ClF3N2O2/c12-6-5-9-16-17-10(18-9)7-1-3-8(4-2-7)19-11(13,14)15/h1-4H,5-6H2. The van der Waals surface area contributed by atoms with Gasteiger partial charge in [-0.2, -0.15) is 0 Å². The zero-order chi connectivity index (χ0) is 13.9. The number of alkyl halides is 4. The predicted molar refractivity (Wildman–Crippen MR) is 60.8 cm³/mol. The summed E-state index contributed by atoms with van der Waals surface area (Å²) in [5.41, 5.74) is 0.503. The van der Waals surface area contributed by atoms with Gasteiger partial charge >= 0.3 is 6.36 Å².